The van der Waals surface area contributed by atoms with Crippen LogP contribution >= 0.6 is 11.8 Å². The highest BCUT2D eigenvalue weighted by atomic mass is 32.2. The van der Waals surface area contributed by atoms with E-state index in [1.165, 1.54) is 18.2 Å². The van der Waals surface area contributed by atoms with Crippen LogP contribution in [0.2, 0.25) is 0 Å². The Labute approximate surface area is 115 Å². The molecule has 1 aromatic heterocycles. The number of nitrogens with zero attached hydrogens (tertiary/aromatic N) is 2. The van der Waals surface area contributed by atoms with E-state index in [9.17, 15) is 13.2 Å². The maximum atomic E-state index is 12.9. The van der Waals surface area contributed by atoms with Gasteiger partial charge in [0, 0.05) is 5.56 Å². The summed E-state index contributed by atoms with van der Waals surface area (Å²) in [6, 6.07) is 4.98. The highest BCUT2D eigenvalue weighted by Crippen LogP contribution is 2.35. The summed E-state index contributed by atoms with van der Waals surface area (Å²) < 4.78 is 43.4. The highest BCUT2D eigenvalue weighted by molar-refractivity contribution is 8.12. The lowest BCUT2D eigenvalue weighted by atomic mass is 10.1. The smallest absolute Gasteiger partial charge is 0.379 e. The van der Waals surface area contributed by atoms with Crippen molar-refractivity contribution in [1.29, 1.82) is 5.41 Å². The van der Waals surface area contributed by atoms with Crippen LogP contribution in [0.3, 0.4) is 0 Å². The van der Waals surface area contributed by atoms with Crippen molar-refractivity contribution in [3.8, 4) is 11.4 Å². The third-order valence-corrected chi connectivity index (χ3v) is 2.99. The molecular formula is C11H9F3N4OS. The van der Waals surface area contributed by atoms with E-state index in [2.05, 4.69) is 10.1 Å². The number of hydrogen-bond donors (Lipinski definition) is 2. The Kier molecular flexibility index (Phi) is 3.98. The van der Waals surface area contributed by atoms with Gasteiger partial charge < -0.3 is 10.3 Å². The molecule has 0 radical (unpaired) electrons. The zero-order chi connectivity index (χ0) is 14.8. The maximum Gasteiger partial charge on any atom is 0.417 e. The van der Waals surface area contributed by atoms with Crippen molar-refractivity contribution in [1.82, 2.24) is 10.1 Å². The monoisotopic (exact) mass is 302 g/mol. The number of alkyl halides is 3. The summed E-state index contributed by atoms with van der Waals surface area (Å²) in [5.41, 5.74) is 4.17. The number of nitrogens with one attached hydrogen (secondary N) is 1. The van der Waals surface area contributed by atoms with Crippen LogP contribution in [0.15, 0.2) is 28.8 Å². The van der Waals surface area contributed by atoms with Crippen LogP contribution in [0.4, 0.5) is 13.2 Å². The van der Waals surface area contributed by atoms with Crippen molar-refractivity contribution in [3.05, 3.63) is 35.7 Å². The first-order valence-electron chi connectivity index (χ1n) is 5.34. The molecule has 0 saturated carbocycles. The highest BCUT2D eigenvalue weighted by Gasteiger charge is 2.34. The molecule has 0 saturated heterocycles. The van der Waals surface area contributed by atoms with Crippen LogP contribution in [0.1, 0.15) is 11.5 Å². The predicted molar refractivity (Wildman–Crippen MR) is 67.9 cm³/mol. The van der Waals surface area contributed by atoms with Crippen LogP contribution in [0, 0.1) is 5.41 Å². The fourth-order valence-electron chi connectivity index (χ4n) is 1.49. The molecule has 0 aliphatic carbocycles. The van der Waals surface area contributed by atoms with Crippen molar-refractivity contribution in [2.24, 2.45) is 5.73 Å². The molecule has 1 heterocycles. The molecule has 0 aliphatic rings. The van der Waals surface area contributed by atoms with Gasteiger partial charge in [-0.1, -0.05) is 35.1 Å². The second kappa shape index (κ2) is 5.53. The number of hydrogen-bond acceptors (Lipinski definition) is 5. The largest absolute Gasteiger partial charge is 0.417 e. The van der Waals surface area contributed by atoms with Gasteiger partial charge in [-0.05, 0) is 6.07 Å². The predicted octanol–water partition coefficient (Wildman–Crippen LogP) is 2.88. The minimum absolute atomic E-state index is 0.108. The van der Waals surface area contributed by atoms with Crippen LogP contribution in [0.25, 0.3) is 11.4 Å². The molecular weight excluding hydrogens is 293 g/mol. The molecule has 2 aromatic rings. The average Bonchev–Trinajstić information content (AvgIpc) is 2.84. The molecule has 3 N–H and O–H groups in total. The van der Waals surface area contributed by atoms with Crippen LogP contribution in [0.5, 0.6) is 0 Å². The van der Waals surface area contributed by atoms with Gasteiger partial charge in [0.05, 0.1) is 11.3 Å². The van der Waals surface area contributed by atoms with Gasteiger partial charge in [-0.15, -0.1) is 0 Å². The molecule has 1 aromatic carbocycles. The molecule has 0 fully saturated rings. The normalized spacial score (nSPS) is 11.6. The van der Waals surface area contributed by atoms with Gasteiger partial charge in [-0.2, -0.15) is 18.2 Å². The summed E-state index contributed by atoms with van der Waals surface area (Å²) in [4.78, 5) is 3.88. The Hall–Kier alpha value is -2.03. The quantitative estimate of drug-likeness (QED) is 0.672. The summed E-state index contributed by atoms with van der Waals surface area (Å²) in [5.74, 6) is 0.102. The molecule has 0 atom stereocenters. The van der Waals surface area contributed by atoms with Gasteiger partial charge in [-0.25, -0.2) is 0 Å². The first kappa shape index (κ1) is 14.4. The molecule has 106 valence electrons. The van der Waals surface area contributed by atoms with Crippen molar-refractivity contribution in [2.45, 2.75) is 11.9 Å². The minimum atomic E-state index is -4.49. The van der Waals surface area contributed by atoms with Crippen molar-refractivity contribution in [3.63, 3.8) is 0 Å². The van der Waals surface area contributed by atoms with Gasteiger partial charge in [0.1, 0.15) is 0 Å². The number of aromatic nitrogens is 2. The van der Waals surface area contributed by atoms with E-state index in [1.54, 1.807) is 0 Å². The van der Waals surface area contributed by atoms with E-state index in [4.69, 9.17) is 15.7 Å². The first-order valence-corrected chi connectivity index (χ1v) is 6.32. The zero-order valence-corrected chi connectivity index (χ0v) is 10.8. The third kappa shape index (κ3) is 3.29. The topological polar surface area (TPSA) is 88.8 Å². The molecule has 0 spiro atoms. The number of benzene rings is 1. The molecule has 0 amide bonds. The molecule has 5 nitrogen and oxygen atoms in total. The van der Waals surface area contributed by atoms with Gasteiger partial charge in [0.2, 0.25) is 11.7 Å². The third-order valence-electron chi connectivity index (χ3n) is 2.29. The first-order chi connectivity index (χ1) is 9.38. The molecule has 2 rings (SSSR count). The summed E-state index contributed by atoms with van der Waals surface area (Å²) in [7, 11) is 0. The standard InChI is InChI=1S/C11H9F3N4OS/c12-11(13,14)7-4-2-1-3-6(7)9-17-8(19-18-9)5-20-10(15)16/h1-4H,5H2,(H3,15,16). The van der Waals surface area contributed by atoms with Crippen molar-refractivity contribution < 1.29 is 17.7 Å². The van der Waals surface area contributed by atoms with Crippen LogP contribution < -0.4 is 5.73 Å². The Morgan fingerprint density at radius 2 is 2.05 bits per heavy atom. The molecule has 0 unspecified atom stereocenters. The van der Waals surface area contributed by atoms with Gasteiger partial charge in [0.15, 0.2) is 5.17 Å². The number of halogens is 3. The fourth-order valence-corrected chi connectivity index (χ4v) is 1.88. The number of amidine groups is 1. The van der Waals surface area contributed by atoms with Gasteiger partial charge in [-0.3, -0.25) is 5.41 Å². The van der Waals surface area contributed by atoms with Gasteiger partial charge >= 0.3 is 6.18 Å². The molecule has 20 heavy (non-hydrogen) atoms. The van der Waals surface area contributed by atoms with E-state index in [-0.39, 0.29) is 28.2 Å². The van der Waals surface area contributed by atoms with Crippen LogP contribution in [-0.2, 0) is 11.9 Å². The average molecular weight is 302 g/mol. The lowest BCUT2D eigenvalue weighted by Crippen LogP contribution is -2.07. The second-order valence-corrected chi connectivity index (χ2v) is 4.73. The summed E-state index contributed by atoms with van der Waals surface area (Å²) in [6.45, 7) is 0. The van der Waals surface area contributed by atoms with Gasteiger partial charge in [0.25, 0.3) is 0 Å². The second-order valence-electron chi connectivity index (χ2n) is 3.71. The Balaban J connectivity index is 2.31. The summed E-state index contributed by atoms with van der Waals surface area (Å²) >= 11 is 0.945. The van der Waals surface area contributed by atoms with Crippen molar-refractivity contribution >= 4 is 16.9 Å². The molecule has 0 aliphatic heterocycles. The SMILES string of the molecule is N=C(N)SCc1nc(-c2ccccc2C(F)(F)F)no1. The van der Waals surface area contributed by atoms with Crippen LogP contribution in [-0.4, -0.2) is 15.3 Å². The number of nitrogens with two attached hydrogens (primary N) is 1. The van der Waals surface area contributed by atoms with E-state index in [0.29, 0.717) is 0 Å². The Morgan fingerprint density at radius 1 is 1.35 bits per heavy atom. The Bertz CT molecular complexity index is 626. The summed E-state index contributed by atoms with van der Waals surface area (Å²) in [5, 5.41) is 10.4. The Morgan fingerprint density at radius 3 is 2.70 bits per heavy atom. The fraction of sp³-hybridized carbons (Fsp3) is 0.182. The zero-order valence-electron chi connectivity index (χ0n) is 9.94. The minimum Gasteiger partial charge on any atom is -0.379 e. The number of thioether (sulfide) groups is 1. The maximum absolute atomic E-state index is 12.9. The molecule has 0 bridgehead atoms. The van der Waals surface area contributed by atoms with E-state index in [0.717, 1.165) is 17.8 Å². The van der Waals surface area contributed by atoms with E-state index >= 15 is 0 Å². The molecule has 9 heteroatoms. The lowest BCUT2D eigenvalue weighted by Gasteiger charge is -2.09. The lowest BCUT2D eigenvalue weighted by molar-refractivity contribution is -0.137. The summed E-state index contributed by atoms with van der Waals surface area (Å²) in [6.07, 6.45) is -4.49. The number of rotatable bonds is 3. The van der Waals surface area contributed by atoms with Crippen molar-refractivity contribution in [2.75, 3.05) is 0 Å². The van der Waals surface area contributed by atoms with E-state index < -0.39 is 11.7 Å². The van der Waals surface area contributed by atoms with E-state index in [1.807, 2.05) is 0 Å².